The molecule has 0 aliphatic heterocycles. The maximum atomic E-state index is 4.83. The van der Waals surface area contributed by atoms with Crippen molar-refractivity contribution in [2.24, 2.45) is 0 Å². The third-order valence-corrected chi connectivity index (χ3v) is 8.84. The van der Waals surface area contributed by atoms with Crippen molar-refractivity contribution in [3.8, 4) is 0 Å². The molecule has 4 rings (SSSR count). The van der Waals surface area contributed by atoms with Crippen LogP contribution in [-0.2, 0) is 5.41 Å². The smallest absolute Gasteiger partial charge is 0.189 e. The summed E-state index contributed by atoms with van der Waals surface area (Å²) in [6.07, 6.45) is 3.87. The molecule has 0 aliphatic rings. The van der Waals surface area contributed by atoms with Gasteiger partial charge in [0.25, 0.3) is 0 Å². The first-order valence-corrected chi connectivity index (χ1v) is 13.5. The van der Waals surface area contributed by atoms with Crippen LogP contribution in [-0.4, -0.2) is 19.9 Å². The van der Waals surface area contributed by atoms with Gasteiger partial charge in [0, 0.05) is 32.9 Å². The Labute approximate surface area is 198 Å². The van der Waals surface area contributed by atoms with E-state index in [-0.39, 0.29) is 5.41 Å². The fourth-order valence-electron chi connectivity index (χ4n) is 2.77. The van der Waals surface area contributed by atoms with E-state index in [2.05, 4.69) is 72.9 Å². The Morgan fingerprint density at radius 3 is 1.48 bits per heavy atom. The summed E-state index contributed by atoms with van der Waals surface area (Å²) in [4.78, 5) is 21.1. The van der Waals surface area contributed by atoms with Crippen molar-refractivity contribution in [3.63, 3.8) is 0 Å². The molecule has 10 heteroatoms. The molecule has 0 saturated heterocycles. The topological polar surface area (TPSA) is 75.6 Å². The fourth-order valence-corrected chi connectivity index (χ4v) is 6.29. The quantitative estimate of drug-likeness (QED) is 0.265. The van der Waals surface area contributed by atoms with Gasteiger partial charge in [-0.25, -0.2) is 19.9 Å². The Morgan fingerprint density at radius 1 is 0.710 bits per heavy atom. The van der Waals surface area contributed by atoms with Crippen molar-refractivity contribution in [3.05, 3.63) is 44.3 Å². The van der Waals surface area contributed by atoms with Gasteiger partial charge >= 0.3 is 0 Å². The average Bonchev–Trinajstić information content (AvgIpc) is 3.50. The van der Waals surface area contributed by atoms with Crippen LogP contribution in [0.3, 0.4) is 0 Å². The van der Waals surface area contributed by atoms with E-state index in [0.717, 1.165) is 31.9 Å². The standard InChI is InChI=1S/C21H26N6S4/c1-11(2)13-7-22-17(30-13)26-19-24-15(9-28-19)21(5,6)16-10-29-20(25-16)27-18-23-8-14(31-18)12(3)4/h7-12H,1-6H3,(H,22,24,26)(H,23,25,27). The molecule has 31 heavy (non-hydrogen) atoms. The first kappa shape index (κ1) is 22.3. The lowest BCUT2D eigenvalue weighted by molar-refractivity contribution is 0.605. The number of nitrogens with one attached hydrogen (secondary N) is 2. The molecular formula is C21H26N6S4. The molecule has 6 nitrogen and oxygen atoms in total. The molecule has 0 aromatic carbocycles. The van der Waals surface area contributed by atoms with E-state index < -0.39 is 0 Å². The highest BCUT2D eigenvalue weighted by atomic mass is 32.1. The Balaban J connectivity index is 1.47. The highest BCUT2D eigenvalue weighted by molar-refractivity contribution is 7.17. The monoisotopic (exact) mass is 490 g/mol. The first-order chi connectivity index (χ1) is 14.7. The Hall–Kier alpha value is -1.88. The van der Waals surface area contributed by atoms with E-state index in [1.807, 2.05) is 12.4 Å². The fraction of sp³-hybridized carbons (Fsp3) is 0.429. The molecule has 0 saturated carbocycles. The molecule has 4 aromatic heterocycles. The molecule has 0 atom stereocenters. The zero-order chi connectivity index (χ0) is 22.2. The van der Waals surface area contributed by atoms with Crippen molar-refractivity contribution in [2.75, 3.05) is 10.6 Å². The Kier molecular flexibility index (Phi) is 6.43. The van der Waals surface area contributed by atoms with Crippen molar-refractivity contribution in [1.29, 1.82) is 0 Å². The van der Waals surface area contributed by atoms with E-state index in [4.69, 9.17) is 9.97 Å². The molecule has 2 N–H and O–H groups in total. The summed E-state index contributed by atoms with van der Waals surface area (Å²) in [6, 6.07) is 0. The second-order valence-corrected chi connectivity index (χ2v) is 12.2. The molecule has 0 amide bonds. The van der Waals surface area contributed by atoms with Crippen molar-refractivity contribution in [1.82, 2.24) is 19.9 Å². The summed E-state index contributed by atoms with van der Waals surface area (Å²) in [5.41, 5.74) is 1.69. The zero-order valence-corrected chi connectivity index (χ0v) is 21.7. The average molecular weight is 491 g/mol. The summed E-state index contributed by atoms with van der Waals surface area (Å²) in [5, 5.41) is 14.4. The van der Waals surface area contributed by atoms with Crippen molar-refractivity contribution in [2.45, 2.75) is 58.8 Å². The number of hydrogen-bond donors (Lipinski definition) is 2. The molecule has 0 bridgehead atoms. The van der Waals surface area contributed by atoms with E-state index in [0.29, 0.717) is 11.8 Å². The van der Waals surface area contributed by atoms with E-state index in [1.54, 1.807) is 45.3 Å². The van der Waals surface area contributed by atoms with E-state index >= 15 is 0 Å². The maximum Gasteiger partial charge on any atom is 0.189 e. The first-order valence-electron chi connectivity index (χ1n) is 10.1. The number of rotatable bonds is 8. The van der Waals surface area contributed by atoms with Gasteiger partial charge in [-0.1, -0.05) is 27.7 Å². The lowest BCUT2D eigenvalue weighted by Crippen LogP contribution is -2.20. The molecule has 0 fully saturated rings. The Morgan fingerprint density at radius 2 is 1.13 bits per heavy atom. The van der Waals surface area contributed by atoms with Crippen LogP contribution in [0.15, 0.2) is 23.2 Å². The van der Waals surface area contributed by atoms with Gasteiger partial charge in [-0.05, 0) is 25.7 Å². The molecule has 0 unspecified atom stereocenters. The van der Waals surface area contributed by atoms with Gasteiger partial charge in [0.2, 0.25) is 0 Å². The van der Waals surface area contributed by atoms with Gasteiger partial charge in [-0.15, -0.1) is 45.3 Å². The second-order valence-electron chi connectivity index (χ2n) is 8.40. The van der Waals surface area contributed by atoms with Crippen LogP contribution in [0.4, 0.5) is 20.5 Å². The minimum Gasteiger partial charge on any atom is -0.307 e. The van der Waals surface area contributed by atoms with Crippen LogP contribution in [0.25, 0.3) is 0 Å². The number of anilines is 4. The lowest BCUT2D eigenvalue weighted by atomic mass is 9.87. The lowest BCUT2D eigenvalue weighted by Gasteiger charge is -2.19. The number of nitrogens with zero attached hydrogens (tertiary/aromatic N) is 4. The van der Waals surface area contributed by atoms with Crippen LogP contribution >= 0.6 is 45.3 Å². The molecule has 4 heterocycles. The minimum absolute atomic E-state index is 0.301. The molecule has 0 radical (unpaired) electrons. The van der Waals surface area contributed by atoms with Gasteiger partial charge < -0.3 is 10.6 Å². The molecular weight excluding hydrogens is 465 g/mol. The molecule has 0 aliphatic carbocycles. The van der Waals surface area contributed by atoms with E-state index in [9.17, 15) is 0 Å². The van der Waals surface area contributed by atoms with Crippen LogP contribution in [0.5, 0.6) is 0 Å². The largest absolute Gasteiger partial charge is 0.307 e. The summed E-state index contributed by atoms with van der Waals surface area (Å²) < 4.78 is 0. The summed E-state index contributed by atoms with van der Waals surface area (Å²) in [7, 11) is 0. The normalized spacial score (nSPS) is 12.1. The predicted molar refractivity (Wildman–Crippen MR) is 135 cm³/mol. The SMILES string of the molecule is CC(C)c1cnc(Nc2nc(C(C)(C)c3csc(Nc4ncc(C(C)C)s4)n3)cs2)s1. The summed E-state index contributed by atoms with van der Waals surface area (Å²) >= 11 is 6.54. The van der Waals surface area contributed by atoms with Gasteiger partial charge in [-0.3, -0.25) is 0 Å². The van der Waals surface area contributed by atoms with Gasteiger partial charge in [-0.2, -0.15) is 0 Å². The van der Waals surface area contributed by atoms with Crippen molar-refractivity contribution >= 4 is 65.9 Å². The van der Waals surface area contributed by atoms with Crippen LogP contribution in [0.1, 0.15) is 74.5 Å². The van der Waals surface area contributed by atoms with Crippen LogP contribution in [0.2, 0.25) is 0 Å². The highest BCUT2D eigenvalue weighted by Gasteiger charge is 2.29. The summed E-state index contributed by atoms with van der Waals surface area (Å²) in [6.45, 7) is 13.0. The van der Waals surface area contributed by atoms with Gasteiger partial charge in [0.05, 0.1) is 16.8 Å². The number of aromatic nitrogens is 4. The molecule has 0 spiro atoms. The zero-order valence-electron chi connectivity index (χ0n) is 18.4. The van der Waals surface area contributed by atoms with Gasteiger partial charge in [0.1, 0.15) is 0 Å². The van der Waals surface area contributed by atoms with Crippen LogP contribution < -0.4 is 10.6 Å². The Bertz CT molecular complexity index is 1060. The molecule has 164 valence electrons. The minimum atomic E-state index is -0.301. The maximum absolute atomic E-state index is 4.83. The van der Waals surface area contributed by atoms with Crippen molar-refractivity contribution < 1.29 is 0 Å². The predicted octanol–water partition coefficient (Wildman–Crippen LogP) is 7.57. The third kappa shape index (κ3) is 4.97. The molecule has 4 aromatic rings. The second kappa shape index (κ2) is 8.93. The van der Waals surface area contributed by atoms with E-state index in [1.165, 1.54) is 9.75 Å². The number of thiazole rings is 4. The van der Waals surface area contributed by atoms with Gasteiger partial charge in [0.15, 0.2) is 20.5 Å². The highest BCUT2D eigenvalue weighted by Crippen LogP contribution is 2.37. The number of hydrogen-bond acceptors (Lipinski definition) is 10. The third-order valence-electron chi connectivity index (χ3n) is 4.90. The van der Waals surface area contributed by atoms with Crippen LogP contribution in [0, 0.1) is 0 Å². The summed E-state index contributed by atoms with van der Waals surface area (Å²) in [5.74, 6) is 0.959.